The van der Waals surface area contributed by atoms with E-state index in [2.05, 4.69) is 21.2 Å². The van der Waals surface area contributed by atoms with Crippen LogP contribution in [0.15, 0.2) is 70.1 Å². The number of aromatic hydroxyl groups is 1. The molecule has 3 aromatic carbocycles. The standard InChI is InChI=1S/C25H24BrClN2O3/c1-3-32-23-6-4-5-18(24(23)30)21-14-20(15-7-10-17(27)11-8-15)28-25(29-21)19-13-16(26)9-12-22(19)31-2/h4-13,21,25,29-30H,3,14H2,1-2H3/t21-,25+/m0/s1. The van der Waals surface area contributed by atoms with Gasteiger partial charge in [0.1, 0.15) is 11.9 Å². The summed E-state index contributed by atoms with van der Waals surface area (Å²) in [4.78, 5) is 5.01. The van der Waals surface area contributed by atoms with Gasteiger partial charge in [-0.2, -0.15) is 0 Å². The molecule has 2 atom stereocenters. The van der Waals surface area contributed by atoms with Crippen molar-refractivity contribution in [3.63, 3.8) is 0 Å². The normalized spacial score (nSPS) is 18.2. The van der Waals surface area contributed by atoms with E-state index >= 15 is 0 Å². The van der Waals surface area contributed by atoms with Gasteiger partial charge in [-0.25, -0.2) is 0 Å². The van der Waals surface area contributed by atoms with E-state index < -0.39 is 0 Å². The van der Waals surface area contributed by atoms with Crippen molar-refractivity contribution in [2.24, 2.45) is 4.99 Å². The molecular weight excluding hydrogens is 492 g/mol. The minimum Gasteiger partial charge on any atom is -0.504 e. The first kappa shape index (κ1) is 22.6. The molecule has 7 heteroatoms. The van der Waals surface area contributed by atoms with Crippen molar-refractivity contribution in [1.82, 2.24) is 5.32 Å². The molecule has 5 nitrogen and oxygen atoms in total. The zero-order chi connectivity index (χ0) is 22.7. The zero-order valence-corrected chi connectivity index (χ0v) is 20.2. The van der Waals surface area contributed by atoms with Gasteiger partial charge in [-0.05, 0) is 48.9 Å². The Balaban J connectivity index is 1.80. The Morgan fingerprint density at radius 2 is 1.88 bits per heavy atom. The molecule has 1 aliphatic heterocycles. The Kier molecular flexibility index (Phi) is 7.04. The van der Waals surface area contributed by atoms with Gasteiger partial charge >= 0.3 is 0 Å². The summed E-state index contributed by atoms with van der Waals surface area (Å²) in [5.41, 5.74) is 3.56. The van der Waals surface area contributed by atoms with E-state index in [0.29, 0.717) is 23.8 Å². The fraction of sp³-hybridized carbons (Fsp3) is 0.240. The molecule has 0 radical (unpaired) electrons. The average molecular weight is 516 g/mol. The van der Waals surface area contributed by atoms with E-state index in [1.165, 1.54) is 0 Å². The Morgan fingerprint density at radius 3 is 2.59 bits per heavy atom. The maximum absolute atomic E-state index is 10.9. The second kappa shape index (κ2) is 9.94. The molecule has 0 unspecified atom stereocenters. The summed E-state index contributed by atoms with van der Waals surface area (Å²) in [5, 5.41) is 15.2. The Hall–Kier alpha value is -2.54. The number of ether oxygens (including phenoxy) is 2. The first-order chi connectivity index (χ1) is 15.5. The first-order valence-electron chi connectivity index (χ1n) is 10.4. The van der Waals surface area contributed by atoms with Crippen LogP contribution in [-0.4, -0.2) is 24.5 Å². The molecule has 0 bridgehead atoms. The molecule has 32 heavy (non-hydrogen) atoms. The lowest BCUT2D eigenvalue weighted by molar-refractivity contribution is 0.313. The Labute approximate surface area is 201 Å². The lowest BCUT2D eigenvalue weighted by Crippen LogP contribution is -2.33. The SMILES string of the molecule is CCOc1cccc([C@@H]2CC(c3ccc(Cl)cc3)=N[C@@H](c3cc(Br)ccc3OC)N2)c1O. The van der Waals surface area contributed by atoms with Crippen molar-refractivity contribution in [2.45, 2.75) is 25.6 Å². The number of hydrogen-bond acceptors (Lipinski definition) is 5. The Morgan fingerprint density at radius 1 is 1.09 bits per heavy atom. The molecule has 0 aliphatic carbocycles. The summed E-state index contributed by atoms with van der Waals surface area (Å²) in [7, 11) is 1.65. The molecule has 4 rings (SSSR count). The van der Waals surface area contributed by atoms with Gasteiger partial charge in [0.25, 0.3) is 0 Å². The highest BCUT2D eigenvalue weighted by Gasteiger charge is 2.30. The highest BCUT2D eigenvalue weighted by Crippen LogP contribution is 2.40. The summed E-state index contributed by atoms with van der Waals surface area (Å²) in [6, 6.07) is 18.9. The Bertz CT molecular complexity index is 1130. The fourth-order valence-corrected chi connectivity index (χ4v) is 4.40. The van der Waals surface area contributed by atoms with Crippen molar-refractivity contribution in [2.75, 3.05) is 13.7 Å². The molecule has 0 saturated carbocycles. The van der Waals surface area contributed by atoms with Crippen molar-refractivity contribution < 1.29 is 14.6 Å². The van der Waals surface area contributed by atoms with Crippen molar-refractivity contribution >= 4 is 33.2 Å². The summed E-state index contributed by atoms with van der Waals surface area (Å²) >= 11 is 9.66. The molecule has 0 spiro atoms. The van der Waals surface area contributed by atoms with E-state index in [9.17, 15) is 5.11 Å². The van der Waals surface area contributed by atoms with Gasteiger partial charge in [-0.3, -0.25) is 10.3 Å². The van der Waals surface area contributed by atoms with Crippen LogP contribution in [0.1, 0.15) is 42.2 Å². The second-order valence-electron chi connectivity index (χ2n) is 7.42. The molecule has 2 N–H and O–H groups in total. The summed E-state index contributed by atoms with van der Waals surface area (Å²) in [6.45, 7) is 2.37. The predicted molar refractivity (Wildman–Crippen MR) is 131 cm³/mol. The number of hydrogen-bond donors (Lipinski definition) is 2. The highest BCUT2D eigenvalue weighted by atomic mass is 79.9. The minimum atomic E-state index is -0.373. The monoisotopic (exact) mass is 514 g/mol. The predicted octanol–water partition coefficient (Wildman–Crippen LogP) is 6.44. The molecule has 1 aliphatic rings. The van der Waals surface area contributed by atoms with Crippen LogP contribution in [0, 0.1) is 0 Å². The number of phenolic OH excluding ortho intramolecular Hbond substituents is 1. The van der Waals surface area contributed by atoms with E-state index in [1.807, 2.05) is 61.5 Å². The van der Waals surface area contributed by atoms with Crippen LogP contribution in [0.25, 0.3) is 0 Å². The number of nitrogens with zero attached hydrogens (tertiary/aromatic N) is 1. The second-order valence-corrected chi connectivity index (χ2v) is 8.77. The number of rotatable bonds is 6. The maximum Gasteiger partial charge on any atom is 0.162 e. The van der Waals surface area contributed by atoms with Crippen LogP contribution in [-0.2, 0) is 0 Å². The average Bonchev–Trinajstić information content (AvgIpc) is 2.80. The molecule has 0 fully saturated rings. The van der Waals surface area contributed by atoms with Gasteiger partial charge in [-0.15, -0.1) is 0 Å². The molecule has 166 valence electrons. The molecule has 0 saturated heterocycles. The third kappa shape index (κ3) is 4.77. The van der Waals surface area contributed by atoms with Gasteiger partial charge in [0.15, 0.2) is 11.5 Å². The van der Waals surface area contributed by atoms with E-state index in [-0.39, 0.29) is 18.0 Å². The number of para-hydroxylation sites is 1. The fourth-order valence-electron chi connectivity index (χ4n) is 3.89. The summed E-state index contributed by atoms with van der Waals surface area (Å²) < 4.78 is 12.1. The lowest BCUT2D eigenvalue weighted by Gasteiger charge is -2.31. The summed E-state index contributed by atoms with van der Waals surface area (Å²) in [6.07, 6.45) is 0.222. The number of benzene rings is 3. The van der Waals surface area contributed by atoms with Gasteiger partial charge in [0, 0.05) is 38.8 Å². The quantitative estimate of drug-likeness (QED) is 0.397. The number of methoxy groups -OCH3 is 1. The van der Waals surface area contributed by atoms with E-state index in [1.54, 1.807) is 13.2 Å². The maximum atomic E-state index is 10.9. The molecule has 1 heterocycles. The molecular formula is C25H24BrClN2O3. The lowest BCUT2D eigenvalue weighted by atomic mass is 9.93. The number of nitrogens with one attached hydrogen (secondary N) is 1. The molecule has 0 amide bonds. The van der Waals surface area contributed by atoms with E-state index in [0.717, 1.165) is 32.6 Å². The van der Waals surface area contributed by atoms with Crippen molar-refractivity contribution in [3.05, 3.63) is 86.8 Å². The zero-order valence-electron chi connectivity index (χ0n) is 17.8. The van der Waals surface area contributed by atoms with Crippen LogP contribution in [0.3, 0.4) is 0 Å². The third-order valence-electron chi connectivity index (χ3n) is 5.41. The van der Waals surface area contributed by atoms with Gasteiger partial charge < -0.3 is 14.6 Å². The van der Waals surface area contributed by atoms with Crippen molar-refractivity contribution in [1.29, 1.82) is 0 Å². The van der Waals surface area contributed by atoms with Crippen molar-refractivity contribution in [3.8, 4) is 17.2 Å². The molecule has 0 aromatic heterocycles. The van der Waals surface area contributed by atoms with Crippen LogP contribution >= 0.6 is 27.5 Å². The smallest absolute Gasteiger partial charge is 0.162 e. The number of aliphatic imine (C=N–C) groups is 1. The molecule has 3 aromatic rings. The van der Waals surface area contributed by atoms with Crippen LogP contribution in [0.4, 0.5) is 0 Å². The minimum absolute atomic E-state index is 0.143. The number of phenols is 1. The van der Waals surface area contributed by atoms with Gasteiger partial charge in [-0.1, -0.05) is 51.8 Å². The van der Waals surface area contributed by atoms with Crippen LogP contribution < -0.4 is 14.8 Å². The van der Waals surface area contributed by atoms with Gasteiger partial charge in [0.05, 0.1) is 13.7 Å². The highest BCUT2D eigenvalue weighted by molar-refractivity contribution is 9.10. The largest absolute Gasteiger partial charge is 0.504 e. The first-order valence-corrected chi connectivity index (χ1v) is 11.5. The third-order valence-corrected chi connectivity index (χ3v) is 6.16. The van der Waals surface area contributed by atoms with E-state index in [4.69, 9.17) is 26.1 Å². The van der Waals surface area contributed by atoms with Crippen LogP contribution in [0.5, 0.6) is 17.2 Å². The van der Waals surface area contributed by atoms with Gasteiger partial charge in [0.2, 0.25) is 0 Å². The number of halogens is 2. The topological polar surface area (TPSA) is 63.1 Å². The summed E-state index contributed by atoms with van der Waals surface area (Å²) in [5.74, 6) is 1.35. The van der Waals surface area contributed by atoms with Crippen LogP contribution in [0.2, 0.25) is 5.02 Å².